The predicted octanol–water partition coefficient (Wildman–Crippen LogP) is 4.71. The lowest BCUT2D eigenvalue weighted by Gasteiger charge is -2.41. The highest BCUT2D eigenvalue weighted by atomic mass is 35.5. The molecule has 2 unspecified atom stereocenters. The summed E-state index contributed by atoms with van der Waals surface area (Å²) in [5, 5.41) is 4.23. The van der Waals surface area contributed by atoms with Gasteiger partial charge in [0.05, 0.1) is 11.9 Å². The molecule has 3 nitrogen and oxygen atoms in total. The quantitative estimate of drug-likeness (QED) is 0.855. The molecule has 1 aromatic rings. The number of rotatable bonds is 5. The highest BCUT2D eigenvalue weighted by molar-refractivity contribution is 6.29. The summed E-state index contributed by atoms with van der Waals surface area (Å²) >= 11 is 6.25. The molecule has 1 saturated carbocycles. The molecule has 1 aliphatic carbocycles. The second-order valence-electron chi connectivity index (χ2n) is 6.57. The van der Waals surface area contributed by atoms with Gasteiger partial charge in [0.1, 0.15) is 0 Å². The molecule has 2 heterocycles. The summed E-state index contributed by atoms with van der Waals surface area (Å²) in [6.07, 6.45) is 10.1. The van der Waals surface area contributed by atoms with E-state index in [1.54, 1.807) is 6.26 Å². The summed E-state index contributed by atoms with van der Waals surface area (Å²) in [6, 6.07) is 2.31. The summed E-state index contributed by atoms with van der Waals surface area (Å²) < 4.78 is 11.5. The van der Waals surface area contributed by atoms with Crippen molar-refractivity contribution in [2.45, 2.75) is 63.5 Å². The monoisotopic (exact) mass is 311 g/mol. The Kier molecular flexibility index (Phi) is 4.92. The number of hydrogen-bond acceptors (Lipinski definition) is 3. The second kappa shape index (κ2) is 6.72. The number of furan rings is 1. The standard InChI is InChI=1S/C17H26ClNO2/c1-2-9-19-15(14-6-10-20-16(14)18)13-5-11-21-17(12-13)7-3-4-8-17/h6,10,13,15,19H,2-5,7-9,11-12H2,1H3. The molecule has 2 aliphatic rings. The fraction of sp³-hybridized carbons (Fsp3) is 0.765. The van der Waals surface area contributed by atoms with Crippen LogP contribution in [0.2, 0.25) is 5.22 Å². The van der Waals surface area contributed by atoms with Crippen LogP contribution in [-0.4, -0.2) is 18.8 Å². The van der Waals surface area contributed by atoms with Crippen LogP contribution in [0.4, 0.5) is 0 Å². The van der Waals surface area contributed by atoms with Gasteiger partial charge in [-0.25, -0.2) is 0 Å². The third-order valence-corrected chi connectivity index (χ3v) is 5.42. The van der Waals surface area contributed by atoms with Gasteiger partial charge in [-0.15, -0.1) is 0 Å². The zero-order valence-corrected chi connectivity index (χ0v) is 13.6. The van der Waals surface area contributed by atoms with E-state index in [4.69, 9.17) is 20.8 Å². The van der Waals surface area contributed by atoms with Crippen LogP contribution in [0.15, 0.2) is 16.7 Å². The molecular formula is C17H26ClNO2. The zero-order chi connectivity index (χ0) is 14.7. The summed E-state index contributed by atoms with van der Waals surface area (Å²) in [5.41, 5.74) is 1.26. The fourth-order valence-corrected chi connectivity index (χ4v) is 4.31. The van der Waals surface area contributed by atoms with Crippen molar-refractivity contribution in [2.24, 2.45) is 5.92 Å². The van der Waals surface area contributed by atoms with E-state index < -0.39 is 0 Å². The first-order valence-electron chi connectivity index (χ1n) is 8.34. The summed E-state index contributed by atoms with van der Waals surface area (Å²) in [7, 11) is 0. The molecule has 0 radical (unpaired) electrons. The number of hydrogen-bond donors (Lipinski definition) is 1. The number of halogens is 1. The third-order valence-electron chi connectivity index (χ3n) is 5.11. The van der Waals surface area contributed by atoms with Crippen molar-refractivity contribution in [3.05, 3.63) is 23.1 Å². The Labute approximate surface area is 132 Å². The molecule has 0 bridgehead atoms. The number of nitrogens with one attached hydrogen (secondary N) is 1. The zero-order valence-electron chi connectivity index (χ0n) is 12.9. The van der Waals surface area contributed by atoms with E-state index in [-0.39, 0.29) is 11.6 Å². The van der Waals surface area contributed by atoms with Crippen LogP contribution in [0.5, 0.6) is 0 Å². The van der Waals surface area contributed by atoms with Crippen LogP contribution in [-0.2, 0) is 4.74 Å². The predicted molar refractivity (Wildman–Crippen MR) is 84.6 cm³/mol. The number of ether oxygens (including phenoxy) is 1. The Bertz CT molecular complexity index is 453. The molecule has 0 amide bonds. The van der Waals surface area contributed by atoms with Crippen LogP contribution in [0.25, 0.3) is 0 Å². The highest BCUT2D eigenvalue weighted by Gasteiger charge is 2.42. The van der Waals surface area contributed by atoms with Gasteiger partial charge in [0.2, 0.25) is 0 Å². The lowest BCUT2D eigenvalue weighted by molar-refractivity contribution is -0.0982. The van der Waals surface area contributed by atoms with Crippen LogP contribution in [0.3, 0.4) is 0 Å². The normalized spacial score (nSPS) is 26.3. The van der Waals surface area contributed by atoms with E-state index in [0.717, 1.165) is 38.0 Å². The van der Waals surface area contributed by atoms with E-state index >= 15 is 0 Å². The summed E-state index contributed by atoms with van der Waals surface area (Å²) in [6.45, 7) is 4.09. The molecule has 1 aliphatic heterocycles. The maximum Gasteiger partial charge on any atom is 0.197 e. The fourth-order valence-electron chi connectivity index (χ4n) is 4.07. The van der Waals surface area contributed by atoms with Crippen molar-refractivity contribution >= 4 is 11.6 Å². The van der Waals surface area contributed by atoms with Gasteiger partial charge in [-0.05, 0) is 62.2 Å². The van der Waals surface area contributed by atoms with Crippen molar-refractivity contribution in [3.63, 3.8) is 0 Å². The van der Waals surface area contributed by atoms with Crippen LogP contribution in [0, 0.1) is 5.92 Å². The maximum absolute atomic E-state index is 6.25. The molecular weight excluding hydrogens is 286 g/mol. The first-order valence-corrected chi connectivity index (χ1v) is 8.72. The molecule has 2 fully saturated rings. The van der Waals surface area contributed by atoms with Crippen LogP contribution < -0.4 is 5.32 Å². The SMILES string of the molecule is CCCNC(c1ccoc1Cl)C1CCOC2(CCCC2)C1. The molecule has 21 heavy (non-hydrogen) atoms. The summed E-state index contributed by atoms with van der Waals surface area (Å²) in [4.78, 5) is 0. The van der Waals surface area contributed by atoms with Crippen molar-refractivity contribution in [1.29, 1.82) is 0 Å². The van der Waals surface area contributed by atoms with Gasteiger partial charge in [0, 0.05) is 18.2 Å². The molecule has 1 saturated heterocycles. The van der Waals surface area contributed by atoms with Crippen molar-refractivity contribution < 1.29 is 9.15 Å². The Balaban J connectivity index is 1.77. The first kappa shape index (κ1) is 15.4. The van der Waals surface area contributed by atoms with Crippen LogP contribution >= 0.6 is 11.6 Å². The molecule has 1 spiro atoms. The van der Waals surface area contributed by atoms with Gasteiger partial charge in [0.15, 0.2) is 5.22 Å². The van der Waals surface area contributed by atoms with Gasteiger partial charge in [-0.2, -0.15) is 0 Å². The third kappa shape index (κ3) is 3.30. The molecule has 2 atom stereocenters. The highest BCUT2D eigenvalue weighted by Crippen LogP contribution is 2.46. The average Bonchev–Trinajstić information content (AvgIpc) is 3.10. The largest absolute Gasteiger partial charge is 0.453 e. The van der Waals surface area contributed by atoms with Crippen molar-refractivity contribution in [3.8, 4) is 0 Å². The Morgan fingerprint density at radius 2 is 2.24 bits per heavy atom. The van der Waals surface area contributed by atoms with E-state index in [2.05, 4.69) is 12.2 Å². The molecule has 0 aromatic carbocycles. The van der Waals surface area contributed by atoms with Gasteiger partial charge in [-0.3, -0.25) is 0 Å². The maximum atomic E-state index is 6.25. The van der Waals surface area contributed by atoms with Gasteiger partial charge < -0.3 is 14.5 Å². The van der Waals surface area contributed by atoms with E-state index in [1.165, 1.54) is 25.7 Å². The molecule has 4 heteroatoms. The minimum absolute atomic E-state index is 0.144. The second-order valence-corrected chi connectivity index (χ2v) is 6.92. The Morgan fingerprint density at radius 3 is 2.90 bits per heavy atom. The lowest BCUT2D eigenvalue weighted by atomic mass is 9.79. The molecule has 1 N–H and O–H groups in total. The smallest absolute Gasteiger partial charge is 0.197 e. The van der Waals surface area contributed by atoms with E-state index in [9.17, 15) is 0 Å². The van der Waals surface area contributed by atoms with E-state index in [0.29, 0.717) is 11.1 Å². The van der Waals surface area contributed by atoms with Crippen LogP contribution in [0.1, 0.15) is 63.5 Å². The van der Waals surface area contributed by atoms with Crippen molar-refractivity contribution in [1.82, 2.24) is 5.32 Å². The van der Waals surface area contributed by atoms with Gasteiger partial charge in [-0.1, -0.05) is 19.8 Å². The minimum Gasteiger partial charge on any atom is -0.453 e. The lowest BCUT2D eigenvalue weighted by Crippen LogP contribution is -2.42. The topological polar surface area (TPSA) is 34.4 Å². The average molecular weight is 312 g/mol. The van der Waals surface area contributed by atoms with Gasteiger partial charge in [0.25, 0.3) is 0 Å². The summed E-state index contributed by atoms with van der Waals surface area (Å²) in [5.74, 6) is 0.582. The Morgan fingerprint density at radius 1 is 1.43 bits per heavy atom. The molecule has 118 valence electrons. The Hall–Kier alpha value is -0.510. The first-order chi connectivity index (χ1) is 10.2. The molecule has 3 rings (SSSR count). The minimum atomic E-state index is 0.144. The van der Waals surface area contributed by atoms with Gasteiger partial charge >= 0.3 is 0 Å². The molecule has 1 aromatic heterocycles. The van der Waals surface area contributed by atoms with E-state index in [1.807, 2.05) is 6.07 Å². The van der Waals surface area contributed by atoms with Crippen molar-refractivity contribution in [2.75, 3.05) is 13.2 Å².